The van der Waals surface area contributed by atoms with E-state index in [4.69, 9.17) is 9.52 Å². The van der Waals surface area contributed by atoms with E-state index in [2.05, 4.69) is 5.32 Å². The number of amides is 1. The zero-order valence-corrected chi connectivity index (χ0v) is 12.3. The molecular weight excluding hydrogens is 258 g/mol. The number of hydrogen-bond acceptors (Lipinski definition) is 3. The van der Waals surface area contributed by atoms with Crippen LogP contribution in [0.1, 0.15) is 49.7 Å². The van der Waals surface area contributed by atoms with Gasteiger partial charge in [-0.25, -0.2) is 0 Å². The summed E-state index contributed by atoms with van der Waals surface area (Å²) < 4.78 is 5.22. The van der Waals surface area contributed by atoms with Crippen LogP contribution >= 0.6 is 0 Å². The number of aryl methyl sites for hydroxylation is 1. The standard InChI is InChI=1S/C15H23NO4/c1-4-13-12(5-6-20-13)15(19)16-9-11(7-10(2)3)8-14(17)18/h5-6,10-11H,4,7-9H2,1-3H3,(H,16,19)(H,17,18)/t11-/m0/s1. The van der Waals surface area contributed by atoms with Gasteiger partial charge in [0.05, 0.1) is 11.8 Å². The number of carboxylic acids is 1. The molecule has 0 aliphatic rings. The summed E-state index contributed by atoms with van der Waals surface area (Å²) in [5, 5.41) is 11.7. The van der Waals surface area contributed by atoms with Gasteiger partial charge in [-0.2, -0.15) is 0 Å². The first-order valence-electron chi connectivity index (χ1n) is 7.00. The van der Waals surface area contributed by atoms with E-state index in [1.807, 2.05) is 20.8 Å². The lowest BCUT2D eigenvalue weighted by Gasteiger charge is -2.17. The summed E-state index contributed by atoms with van der Waals surface area (Å²) >= 11 is 0. The largest absolute Gasteiger partial charge is 0.481 e. The Morgan fingerprint density at radius 2 is 2.10 bits per heavy atom. The monoisotopic (exact) mass is 281 g/mol. The van der Waals surface area contributed by atoms with Crippen molar-refractivity contribution in [1.29, 1.82) is 0 Å². The molecule has 1 rings (SSSR count). The number of hydrogen-bond donors (Lipinski definition) is 2. The van der Waals surface area contributed by atoms with Crippen molar-refractivity contribution in [2.45, 2.75) is 40.0 Å². The highest BCUT2D eigenvalue weighted by Crippen LogP contribution is 2.16. The molecule has 0 aliphatic heterocycles. The second-order valence-electron chi connectivity index (χ2n) is 5.41. The molecule has 0 unspecified atom stereocenters. The number of furan rings is 1. The van der Waals surface area contributed by atoms with Gasteiger partial charge in [0.25, 0.3) is 5.91 Å². The fourth-order valence-electron chi connectivity index (χ4n) is 2.30. The average molecular weight is 281 g/mol. The van der Waals surface area contributed by atoms with Crippen LogP contribution in [0.2, 0.25) is 0 Å². The van der Waals surface area contributed by atoms with E-state index in [0.717, 1.165) is 6.42 Å². The normalized spacial score (nSPS) is 12.4. The van der Waals surface area contributed by atoms with Gasteiger partial charge in [-0.1, -0.05) is 20.8 Å². The Morgan fingerprint density at radius 3 is 2.65 bits per heavy atom. The smallest absolute Gasteiger partial charge is 0.303 e. The van der Waals surface area contributed by atoms with Gasteiger partial charge >= 0.3 is 5.97 Å². The summed E-state index contributed by atoms with van der Waals surface area (Å²) in [5.74, 6) is -0.0249. The molecule has 1 heterocycles. The minimum atomic E-state index is -0.831. The third-order valence-corrected chi connectivity index (χ3v) is 3.13. The summed E-state index contributed by atoms with van der Waals surface area (Å²) in [6, 6.07) is 1.64. The molecule has 0 fully saturated rings. The molecule has 20 heavy (non-hydrogen) atoms. The van der Waals surface area contributed by atoms with Crippen molar-refractivity contribution in [2.75, 3.05) is 6.54 Å². The second-order valence-corrected chi connectivity index (χ2v) is 5.41. The minimum absolute atomic E-state index is 0.0478. The van der Waals surface area contributed by atoms with Crippen molar-refractivity contribution in [2.24, 2.45) is 11.8 Å². The Labute approximate surface area is 119 Å². The van der Waals surface area contributed by atoms with Crippen LogP contribution in [-0.4, -0.2) is 23.5 Å². The van der Waals surface area contributed by atoms with E-state index in [1.54, 1.807) is 6.07 Å². The first-order chi connectivity index (χ1) is 9.43. The maximum atomic E-state index is 12.0. The summed E-state index contributed by atoms with van der Waals surface area (Å²) in [6.45, 7) is 6.38. The van der Waals surface area contributed by atoms with Gasteiger partial charge in [0.15, 0.2) is 0 Å². The molecule has 0 aliphatic carbocycles. The van der Waals surface area contributed by atoms with Crippen LogP contribution in [0.5, 0.6) is 0 Å². The Morgan fingerprint density at radius 1 is 1.40 bits per heavy atom. The van der Waals surface area contributed by atoms with E-state index in [0.29, 0.717) is 30.2 Å². The SMILES string of the molecule is CCc1occc1C(=O)NC[C@H](CC(=O)O)CC(C)C. The second kappa shape index (κ2) is 7.72. The molecule has 1 aromatic heterocycles. The molecule has 5 heteroatoms. The van der Waals surface area contributed by atoms with E-state index in [1.165, 1.54) is 6.26 Å². The molecule has 2 N–H and O–H groups in total. The lowest BCUT2D eigenvalue weighted by Crippen LogP contribution is -2.31. The third kappa shape index (κ3) is 5.07. The third-order valence-electron chi connectivity index (χ3n) is 3.13. The Bertz CT molecular complexity index is 450. The van der Waals surface area contributed by atoms with Crippen LogP contribution in [0.3, 0.4) is 0 Å². The Kier molecular flexibility index (Phi) is 6.28. The van der Waals surface area contributed by atoms with Crippen molar-refractivity contribution in [3.63, 3.8) is 0 Å². The number of rotatable bonds is 8. The highest BCUT2D eigenvalue weighted by atomic mass is 16.4. The van der Waals surface area contributed by atoms with E-state index in [9.17, 15) is 9.59 Å². The molecule has 112 valence electrons. The molecule has 0 saturated heterocycles. The highest BCUT2D eigenvalue weighted by Gasteiger charge is 2.18. The number of carbonyl (C=O) groups is 2. The molecule has 0 spiro atoms. The quantitative estimate of drug-likeness (QED) is 0.767. The van der Waals surface area contributed by atoms with Crippen LogP contribution < -0.4 is 5.32 Å². The summed E-state index contributed by atoms with van der Waals surface area (Å²) in [4.78, 5) is 22.9. The lowest BCUT2D eigenvalue weighted by molar-refractivity contribution is -0.138. The topological polar surface area (TPSA) is 79.5 Å². The fraction of sp³-hybridized carbons (Fsp3) is 0.600. The maximum absolute atomic E-state index is 12.0. The summed E-state index contributed by atoms with van der Waals surface area (Å²) in [5.41, 5.74) is 0.533. The van der Waals surface area contributed by atoms with Crippen LogP contribution in [0, 0.1) is 11.8 Å². The van der Waals surface area contributed by atoms with Crippen molar-refractivity contribution in [3.8, 4) is 0 Å². The first-order valence-corrected chi connectivity index (χ1v) is 7.00. The van der Waals surface area contributed by atoms with E-state index in [-0.39, 0.29) is 18.2 Å². The Hall–Kier alpha value is -1.78. The van der Waals surface area contributed by atoms with Crippen molar-refractivity contribution in [1.82, 2.24) is 5.32 Å². The van der Waals surface area contributed by atoms with Gasteiger partial charge < -0.3 is 14.8 Å². The minimum Gasteiger partial charge on any atom is -0.481 e. The van der Waals surface area contributed by atoms with E-state index < -0.39 is 5.97 Å². The molecule has 0 bridgehead atoms. The van der Waals surface area contributed by atoms with Gasteiger partial charge in [0.2, 0.25) is 0 Å². The first kappa shape index (κ1) is 16.3. The number of carbonyl (C=O) groups excluding carboxylic acids is 1. The number of nitrogens with one attached hydrogen (secondary N) is 1. The van der Waals surface area contributed by atoms with Crippen LogP contribution in [0.25, 0.3) is 0 Å². The van der Waals surface area contributed by atoms with Crippen LogP contribution in [0.15, 0.2) is 16.7 Å². The summed E-state index contributed by atoms with van der Waals surface area (Å²) in [6.07, 6.45) is 3.00. The van der Waals surface area contributed by atoms with Gasteiger partial charge in [0, 0.05) is 19.4 Å². The van der Waals surface area contributed by atoms with Gasteiger partial charge in [0.1, 0.15) is 5.76 Å². The zero-order valence-electron chi connectivity index (χ0n) is 12.3. The van der Waals surface area contributed by atoms with Crippen molar-refractivity contribution >= 4 is 11.9 Å². The summed E-state index contributed by atoms with van der Waals surface area (Å²) in [7, 11) is 0. The zero-order chi connectivity index (χ0) is 15.1. The lowest BCUT2D eigenvalue weighted by atomic mass is 9.94. The molecule has 5 nitrogen and oxygen atoms in total. The van der Waals surface area contributed by atoms with Gasteiger partial charge in [-0.3, -0.25) is 9.59 Å². The number of aliphatic carboxylic acids is 1. The molecule has 0 aromatic carbocycles. The van der Waals surface area contributed by atoms with Crippen LogP contribution in [-0.2, 0) is 11.2 Å². The molecule has 1 amide bonds. The van der Waals surface area contributed by atoms with E-state index >= 15 is 0 Å². The molecule has 1 atom stereocenters. The molecule has 1 aromatic rings. The van der Waals surface area contributed by atoms with Crippen LogP contribution in [0.4, 0.5) is 0 Å². The highest BCUT2D eigenvalue weighted by molar-refractivity contribution is 5.95. The predicted octanol–water partition coefficient (Wildman–Crippen LogP) is 2.71. The predicted molar refractivity (Wildman–Crippen MR) is 75.6 cm³/mol. The molecule has 0 radical (unpaired) electrons. The van der Waals surface area contributed by atoms with Gasteiger partial charge in [-0.15, -0.1) is 0 Å². The Balaban J connectivity index is 2.58. The maximum Gasteiger partial charge on any atom is 0.303 e. The number of carboxylic acid groups (broad SMARTS) is 1. The fourth-order valence-corrected chi connectivity index (χ4v) is 2.30. The average Bonchev–Trinajstić information content (AvgIpc) is 2.82. The molecular formula is C15H23NO4. The van der Waals surface area contributed by atoms with Gasteiger partial charge in [-0.05, 0) is 24.3 Å². The van der Waals surface area contributed by atoms with Crippen molar-refractivity contribution < 1.29 is 19.1 Å². The molecule has 0 saturated carbocycles. The van der Waals surface area contributed by atoms with Crippen molar-refractivity contribution in [3.05, 3.63) is 23.7 Å².